The smallest absolute Gasteiger partial charge is 0.274 e. The summed E-state index contributed by atoms with van der Waals surface area (Å²) < 4.78 is 41.6. The van der Waals surface area contributed by atoms with Crippen LogP contribution in [0.1, 0.15) is 29.0 Å². The van der Waals surface area contributed by atoms with Gasteiger partial charge in [-0.05, 0) is 42.8 Å². The van der Waals surface area contributed by atoms with Crippen molar-refractivity contribution < 1.29 is 18.0 Å². The zero-order chi connectivity index (χ0) is 18.8. The third-order valence-corrected chi connectivity index (χ3v) is 4.23. The van der Waals surface area contributed by atoms with Crippen molar-refractivity contribution in [2.24, 2.45) is 0 Å². The van der Waals surface area contributed by atoms with Crippen LogP contribution in [0.15, 0.2) is 54.7 Å². The van der Waals surface area contributed by atoms with E-state index >= 15 is 0 Å². The predicted molar refractivity (Wildman–Crippen MR) is 90.4 cm³/mol. The molecule has 134 valence electrons. The van der Waals surface area contributed by atoms with Gasteiger partial charge in [-0.15, -0.1) is 0 Å². The summed E-state index contributed by atoms with van der Waals surface area (Å²) >= 11 is 0. The van der Waals surface area contributed by atoms with Crippen LogP contribution in [0.3, 0.4) is 0 Å². The molecule has 1 heterocycles. The quantitative estimate of drug-likeness (QED) is 0.703. The number of rotatable bonds is 4. The Morgan fingerprint density at radius 3 is 2.46 bits per heavy atom. The van der Waals surface area contributed by atoms with Crippen LogP contribution >= 0.6 is 0 Å². The largest absolute Gasteiger partial charge is 0.334 e. The topological polar surface area (TPSA) is 38.1 Å². The Labute approximate surface area is 148 Å². The van der Waals surface area contributed by atoms with Crippen molar-refractivity contribution in [3.05, 3.63) is 83.4 Å². The van der Waals surface area contributed by atoms with Crippen molar-refractivity contribution in [2.45, 2.75) is 13.0 Å². The van der Waals surface area contributed by atoms with Crippen molar-refractivity contribution in [2.75, 3.05) is 7.05 Å². The van der Waals surface area contributed by atoms with Gasteiger partial charge in [-0.3, -0.25) is 4.79 Å². The lowest BCUT2D eigenvalue weighted by atomic mass is 10.1. The van der Waals surface area contributed by atoms with Crippen LogP contribution in [0.25, 0.3) is 5.69 Å². The molecule has 1 unspecified atom stereocenters. The standard InChI is InChI=1S/C19H16F3N3O/c1-12(13-7-8-14(20)16(22)11-13)24(2)19(26)17-9-10-25(23-17)18-6-4-3-5-15(18)21/h3-12H,1-2H3. The van der Waals surface area contributed by atoms with Crippen LogP contribution in [0.2, 0.25) is 0 Å². The van der Waals surface area contributed by atoms with E-state index in [2.05, 4.69) is 5.10 Å². The molecule has 2 aromatic carbocycles. The highest BCUT2D eigenvalue weighted by Gasteiger charge is 2.22. The van der Waals surface area contributed by atoms with Crippen LogP contribution < -0.4 is 0 Å². The lowest BCUT2D eigenvalue weighted by Crippen LogP contribution is -2.30. The highest BCUT2D eigenvalue weighted by Crippen LogP contribution is 2.22. The van der Waals surface area contributed by atoms with E-state index in [1.165, 1.54) is 41.0 Å². The second kappa shape index (κ2) is 7.03. The van der Waals surface area contributed by atoms with E-state index in [1.54, 1.807) is 25.1 Å². The predicted octanol–water partition coefficient (Wildman–Crippen LogP) is 4.12. The molecule has 3 rings (SSSR count). The van der Waals surface area contributed by atoms with E-state index in [0.29, 0.717) is 5.56 Å². The van der Waals surface area contributed by atoms with Gasteiger partial charge in [-0.1, -0.05) is 18.2 Å². The maximum Gasteiger partial charge on any atom is 0.274 e. The SMILES string of the molecule is CC(c1ccc(F)c(F)c1)N(C)C(=O)c1ccn(-c2ccccc2F)n1. The second-order valence-electron chi connectivity index (χ2n) is 5.86. The van der Waals surface area contributed by atoms with Gasteiger partial charge in [0.1, 0.15) is 11.5 Å². The van der Waals surface area contributed by atoms with Crippen LogP contribution in [0, 0.1) is 17.5 Å². The minimum Gasteiger partial charge on any atom is -0.334 e. The molecule has 0 saturated carbocycles. The van der Waals surface area contributed by atoms with Crippen LogP contribution in [0.4, 0.5) is 13.2 Å². The summed E-state index contributed by atoms with van der Waals surface area (Å²) in [4.78, 5) is 14.0. The highest BCUT2D eigenvalue weighted by atomic mass is 19.2. The molecule has 0 N–H and O–H groups in total. The van der Waals surface area contributed by atoms with E-state index < -0.39 is 29.4 Å². The highest BCUT2D eigenvalue weighted by molar-refractivity contribution is 5.92. The summed E-state index contributed by atoms with van der Waals surface area (Å²) in [7, 11) is 1.54. The van der Waals surface area contributed by atoms with E-state index in [-0.39, 0.29) is 11.4 Å². The Balaban J connectivity index is 1.82. The van der Waals surface area contributed by atoms with E-state index in [4.69, 9.17) is 0 Å². The lowest BCUT2D eigenvalue weighted by Gasteiger charge is -2.24. The van der Waals surface area contributed by atoms with E-state index in [9.17, 15) is 18.0 Å². The average Bonchev–Trinajstić information content (AvgIpc) is 3.12. The molecule has 0 bridgehead atoms. The first-order chi connectivity index (χ1) is 12.4. The monoisotopic (exact) mass is 359 g/mol. The van der Waals surface area contributed by atoms with Crippen molar-refractivity contribution in [1.82, 2.24) is 14.7 Å². The summed E-state index contributed by atoms with van der Waals surface area (Å²) in [5.41, 5.74) is 0.793. The van der Waals surface area contributed by atoms with Gasteiger partial charge in [0.05, 0.1) is 6.04 Å². The van der Waals surface area contributed by atoms with E-state index in [0.717, 1.165) is 12.1 Å². The summed E-state index contributed by atoms with van der Waals surface area (Å²) in [6, 6.07) is 10.5. The van der Waals surface area contributed by atoms with Crippen molar-refractivity contribution in [3.8, 4) is 5.69 Å². The molecule has 3 aromatic rings. The molecule has 1 amide bonds. The van der Waals surface area contributed by atoms with Crippen molar-refractivity contribution in [1.29, 1.82) is 0 Å². The number of hydrogen-bond acceptors (Lipinski definition) is 2. The molecular formula is C19H16F3N3O. The van der Waals surface area contributed by atoms with Gasteiger partial charge in [-0.2, -0.15) is 5.10 Å². The van der Waals surface area contributed by atoms with Crippen LogP contribution in [0.5, 0.6) is 0 Å². The number of hydrogen-bond donors (Lipinski definition) is 0. The average molecular weight is 359 g/mol. The van der Waals surface area contributed by atoms with Crippen molar-refractivity contribution in [3.63, 3.8) is 0 Å². The molecule has 0 fully saturated rings. The third-order valence-electron chi connectivity index (χ3n) is 4.23. The third kappa shape index (κ3) is 3.33. The summed E-state index contributed by atoms with van der Waals surface area (Å²) in [5, 5.41) is 4.12. The number of halogens is 3. The normalized spacial score (nSPS) is 12.0. The van der Waals surface area contributed by atoms with Gasteiger partial charge in [0.25, 0.3) is 5.91 Å². The fourth-order valence-corrected chi connectivity index (χ4v) is 2.56. The molecule has 4 nitrogen and oxygen atoms in total. The Morgan fingerprint density at radius 2 is 1.77 bits per heavy atom. The van der Waals surface area contributed by atoms with Gasteiger partial charge < -0.3 is 4.90 Å². The summed E-state index contributed by atoms with van der Waals surface area (Å²) in [6.45, 7) is 1.69. The zero-order valence-electron chi connectivity index (χ0n) is 14.2. The van der Waals surface area contributed by atoms with Crippen molar-refractivity contribution >= 4 is 5.91 Å². The maximum atomic E-state index is 13.8. The first-order valence-corrected chi connectivity index (χ1v) is 7.91. The Hall–Kier alpha value is -3.09. The molecule has 0 radical (unpaired) electrons. The first kappa shape index (κ1) is 17.7. The first-order valence-electron chi connectivity index (χ1n) is 7.91. The van der Waals surface area contributed by atoms with Gasteiger partial charge in [0.2, 0.25) is 0 Å². The zero-order valence-corrected chi connectivity index (χ0v) is 14.2. The molecule has 0 spiro atoms. The van der Waals surface area contributed by atoms with Gasteiger partial charge >= 0.3 is 0 Å². The molecule has 0 aliphatic rings. The fourth-order valence-electron chi connectivity index (χ4n) is 2.56. The number of aromatic nitrogens is 2. The van der Waals surface area contributed by atoms with Gasteiger partial charge in [-0.25, -0.2) is 17.9 Å². The minimum absolute atomic E-state index is 0.116. The van der Waals surface area contributed by atoms with E-state index in [1.807, 2.05) is 0 Å². The Kier molecular flexibility index (Phi) is 4.79. The molecule has 0 aliphatic heterocycles. The van der Waals surface area contributed by atoms with Crippen LogP contribution in [-0.4, -0.2) is 27.6 Å². The summed E-state index contributed by atoms with van der Waals surface area (Å²) in [5.74, 6) is -2.80. The molecule has 1 atom stereocenters. The maximum absolute atomic E-state index is 13.8. The number of benzene rings is 2. The number of amides is 1. The molecule has 0 aliphatic carbocycles. The molecule has 1 aromatic heterocycles. The second-order valence-corrected chi connectivity index (χ2v) is 5.86. The summed E-state index contributed by atoms with van der Waals surface area (Å²) in [6.07, 6.45) is 1.49. The number of carbonyl (C=O) groups is 1. The molecule has 7 heteroatoms. The Bertz CT molecular complexity index is 955. The van der Waals surface area contributed by atoms with Crippen LogP contribution in [-0.2, 0) is 0 Å². The minimum atomic E-state index is -0.973. The number of nitrogens with zero attached hydrogens (tertiary/aromatic N) is 3. The van der Waals surface area contributed by atoms with Gasteiger partial charge in [0.15, 0.2) is 17.3 Å². The molecular weight excluding hydrogens is 343 g/mol. The molecule has 0 saturated heterocycles. The lowest BCUT2D eigenvalue weighted by molar-refractivity contribution is 0.0736. The fraction of sp³-hybridized carbons (Fsp3) is 0.158. The number of carbonyl (C=O) groups excluding carboxylic acids is 1. The van der Waals surface area contributed by atoms with Gasteiger partial charge in [0, 0.05) is 13.2 Å². The Morgan fingerprint density at radius 1 is 1.04 bits per heavy atom. The molecule has 26 heavy (non-hydrogen) atoms. The number of para-hydroxylation sites is 1.